The van der Waals surface area contributed by atoms with Crippen LogP contribution in [0.25, 0.3) is 0 Å². The molecule has 0 N–H and O–H groups in total. The van der Waals surface area contributed by atoms with Gasteiger partial charge < -0.3 is 4.74 Å². The number of rotatable bonds is 3. The van der Waals surface area contributed by atoms with Gasteiger partial charge in [-0.1, -0.05) is 15.9 Å². The fourth-order valence-electron chi connectivity index (χ4n) is 1.25. The number of hydrogen-bond donors (Lipinski definition) is 0. The molecule has 1 rings (SSSR count). The molecule has 1 aromatic rings. The zero-order valence-electron chi connectivity index (χ0n) is 9.12. The minimum atomic E-state index is -5.46. The topological polar surface area (TPSA) is 22.1 Å². The van der Waals surface area contributed by atoms with Crippen molar-refractivity contribution in [2.75, 3.05) is 0 Å². The van der Waals surface area contributed by atoms with Crippen LogP contribution in [0.3, 0.4) is 0 Å². The van der Waals surface area contributed by atoms with Crippen LogP contribution in [0.5, 0.6) is 5.75 Å². The molecule has 1 heterocycles. The molecule has 2 nitrogen and oxygen atoms in total. The largest absolute Gasteiger partial charge is 0.573 e. The molecule has 1 aromatic heterocycles. The Bertz CT molecular complexity index is 484. The molecule has 0 fully saturated rings. The van der Waals surface area contributed by atoms with Crippen LogP contribution in [-0.4, -0.2) is 11.3 Å². The minimum Gasteiger partial charge on any atom is -0.403 e. The van der Waals surface area contributed by atoms with Crippen molar-refractivity contribution in [3.05, 3.63) is 23.0 Å². The van der Waals surface area contributed by atoms with E-state index in [4.69, 9.17) is 0 Å². The first-order valence-electron chi connectivity index (χ1n) is 4.66. The van der Waals surface area contributed by atoms with Crippen molar-refractivity contribution in [3.8, 4) is 5.75 Å². The van der Waals surface area contributed by atoms with Gasteiger partial charge in [-0.25, -0.2) is 13.8 Å². The molecule has 0 saturated carbocycles. The maximum Gasteiger partial charge on any atom is 0.573 e. The minimum absolute atomic E-state index is 0.00935. The Morgan fingerprint density at radius 3 is 2.05 bits per heavy atom. The predicted octanol–water partition coefficient (Wildman–Crippen LogP) is 4.83. The molecule has 0 saturated heterocycles. The average Bonchev–Trinajstić information content (AvgIpc) is 2.24. The van der Waals surface area contributed by atoms with Crippen molar-refractivity contribution in [2.45, 2.75) is 24.3 Å². The SMILES string of the molecule is FC(F)c1cc(OC(F)(F)F)c(C(F)(F)F)nc1CBr. The summed E-state index contributed by atoms with van der Waals surface area (Å²) in [7, 11) is 0. The summed E-state index contributed by atoms with van der Waals surface area (Å²) in [4.78, 5) is 2.79. The molecule has 20 heavy (non-hydrogen) atoms. The normalized spacial score (nSPS) is 12.9. The summed E-state index contributed by atoms with van der Waals surface area (Å²) in [5.74, 6) is -1.81. The Labute approximate surface area is 114 Å². The molecular weight excluding hydrogens is 370 g/mol. The van der Waals surface area contributed by atoms with Crippen molar-refractivity contribution in [2.24, 2.45) is 0 Å². The number of alkyl halides is 9. The van der Waals surface area contributed by atoms with E-state index in [9.17, 15) is 35.1 Å². The van der Waals surface area contributed by atoms with Crippen LogP contribution < -0.4 is 4.74 Å². The highest BCUT2D eigenvalue weighted by atomic mass is 79.9. The Morgan fingerprint density at radius 2 is 1.70 bits per heavy atom. The Morgan fingerprint density at radius 1 is 1.15 bits per heavy atom. The van der Waals surface area contributed by atoms with Gasteiger partial charge in [0.1, 0.15) is 0 Å². The van der Waals surface area contributed by atoms with E-state index in [-0.39, 0.29) is 6.07 Å². The lowest BCUT2D eigenvalue weighted by Crippen LogP contribution is -2.22. The molecular formula is C9H4BrF8NO. The van der Waals surface area contributed by atoms with E-state index < -0.39 is 47.0 Å². The highest BCUT2D eigenvalue weighted by Gasteiger charge is 2.42. The van der Waals surface area contributed by atoms with Gasteiger partial charge in [0.25, 0.3) is 6.43 Å². The molecule has 0 amide bonds. The molecule has 0 unspecified atom stereocenters. The number of nitrogens with zero attached hydrogens (tertiary/aromatic N) is 1. The highest BCUT2D eigenvalue weighted by molar-refractivity contribution is 9.08. The van der Waals surface area contributed by atoms with E-state index in [1.807, 2.05) is 0 Å². The first kappa shape index (κ1) is 16.9. The van der Waals surface area contributed by atoms with Crippen molar-refractivity contribution in [1.29, 1.82) is 0 Å². The lowest BCUT2D eigenvalue weighted by Gasteiger charge is -2.17. The van der Waals surface area contributed by atoms with Crippen LogP contribution in [-0.2, 0) is 11.5 Å². The zero-order valence-corrected chi connectivity index (χ0v) is 10.7. The second-order valence-corrected chi connectivity index (χ2v) is 3.91. The molecule has 0 aliphatic carbocycles. The van der Waals surface area contributed by atoms with Gasteiger partial charge in [0.15, 0.2) is 11.4 Å². The van der Waals surface area contributed by atoms with Gasteiger partial charge in [0.2, 0.25) is 0 Å². The fourth-order valence-corrected chi connectivity index (χ4v) is 1.70. The molecule has 0 aliphatic heterocycles. The highest BCUT2D eigenvalue weighted by Crippen LogP contribution is 2.40. The van der Waals surface area contributed by atoms with Gasteiger partial charge >= 0.3 is 12.5 Å². The second kappa shape index (κ2) is 5.70. The van der Waals surface area contributed by atoms with Gasteiger partial charge in [-0.05, 0) is 6.07 Å². The number of aromatic nitrogens is 1. The maximum absolute atomic E-state index is 12.6. The van der Waals surface area contributed by atoms with Gasteiger partial charge in [0, 0.05) is 10.9 Å². The molecule has 0 bridgehead atoms. The standard InChI is InChI=1S/C9H4BrF8NO/c10-2-4-3(7(11)12)1-5(20-9(16,17)18)6(19-4)8(13,14)15/h1,7H,2H2. The molecule has 0 radical (unpaired) electrons. The third-order valence-electron chi connectivity index (χ3n) is 1.96. The van der Waals surface area contributed by atoms with Crippen LogP contribution in [0.2, 0.25) is 0 Å². The summed E-state index contributed by atoms with van der Waals surface area (Å²) in [6.07, 6.45) is -14.0. The molecule has 0 aliphatic rings. The Hall–Kier alpha value is -1.13. The molecule has 0 spiro atoms. The molecule has 11 heteroatoms. The van der Waals surface area contributed by atoms with Crippen LogP contribution in [0, 0.1) is 0 Å². The van der Waals surface area contributed by atoms with E-state index in [0.717, 1.165) is 0 Å². The monoisotopic (exact) mass is 373 g/mol. The summed E-state index contributed by atoms with van der Waals surface area (Å²) >= 11 is 2.64. The summed E-state index contributed by atoms with van der Waals surface area (Å²) in [5, 5.41) is -0.484. The fraction of sp³-hybridized carbons (Fsp3) is 0.444. The predicted molar refractivity (Wildman–Crippen MR) is 53.5 cm³/mol. The van der Waals surface area contributed by atoms with Crippen LogP contribution in [0.1, 0.15) is 23.4 Å². The van der Waals surface area contributed by atoms with E-state index in [1.54, 1.807) is 0 Å². The van der Waals surface area contributed by atoms with Crippen molar-refractivity contribution < 1.29 is 39.9 Å². The Kier molecular flexibility index (Phi) is 4.82. The van der Waals surface area contributed by atoms with E-state index in [1.165, 1.54) is 0 Å². The number of halogens is 9. The average molecular weight is 374 g/mol. The third-order valence-corrected chi connectivity index (χ3v) is 2.49. The number of hydrogen-bond acceptors (Lipinski definition) is 2. The van der Waals surface area contributed by atoms with Gasteiger partial charge in [0.05, 0.1) is 5.69 Å². The molecule has 114 valence electrons. The second-order valence-electron chi connectivity index (χ2n) is 3.35. The van der Waals surface area contributed by atoms with E-state index >= 15 is 0 Å². The van der Waals surface area contributed by atoms with Crippen LogP contribution in [0.4, 0.5) is 35.1 Å². The third kappa shape index (κ3) is 4.18. The van der Waals surface area contributed by atoms with Crippen molar-refractivity contribution in [3.63, 3.8) is 0 Å². The van der Waals surface area contributed by atoms with E-state index in [0.29, 0.717) is 0 Å². The van der Waals surface area contributed by atoms with Crippen LogP contribution in [0.15, 0.2) is 6.07 Å². The summed E-state index contributed by atoms with van der Waals surface area (Å²) < 4.78 is 102. The first-order chi connectivity index (χ1) is 8.95. The zero-order chi connectivity index (χ0) is 15.7. The van der Waals surface area contributed by atoms with Gasteiger partial charge in [-0.3, -0.25) is 0 Å². The number of pyridine rings is 1. The summed E-state index contributed by atoms with van der Waals surface area (Å²) in [6.45, 7) is 0. The molecule has 0 aromatic carbocycles. The first-order valence-corrected chi connectivity index (χ1v) is 5.78. The lowest BCUT2D eigenvalue weighted by molar-refractivity contribution is -0.276. The number of ether oxygens (including phenoxy) is 1. The van der Waals surface area contributed by atoms with Crippen molar-refractivity contribution in [1.82, 2.24) is 4.98 Å². The molecule has 0 atom stereocenters. The smallest absolute Gasteiger partial charge is 0.403 e. The lowest BCUT2D eigenvalue weighted by atomic mass is 10.1. The maximum atomic E-state index is 12.6. The van der Waals surface area contributed by atoms with Crippen LogP contribution >= 0.6 is 15.9 Å². The van der Waals surface area contributed by atoms with Gasteiger partial charge in [-0.2, -0.15) is 13.2 Å². The summed E-state index contributed by atoms with van der Waals surface area (Å²) in [5.41, 5.74) is -3.82. The quantitative estimate of drug-likeness (QED) is 0.559. The summed E-state index contributed by atoms with van der Waals surface area (Å²) in [6, 6.07) is -0.00935. The van der Waals surface area contributed by atoms with Gasteiger partial charge in [-0.15, -0.1) is 13.2 Å². The van der Waals surface area contributed by atoms with Crippen molar-refractivity contribution >= 4 is 15.9 Å². The van der Waals surface area contributed by atoms with E-state index in [2.05, 4.69) is 25.7 Å². The Balaban J connectivity index is 3.48.